The molecule has 1 fully saturated rings. The fourth-order valence-electron chi connectivity index (χ4n) is 2.63. The largest absolute Gasteiger partial charge is 0.304 e. The number of nitrogens with zero attached hydrogens (tertiary/aromatic N) is 3. The number of unbranched alkanes of at least 4 members (excludes halogenated alkanes) is 1. The van der Waals surface area contributed by atoms with Gasteiger partial charge in [-0.3, -0.25) is 14.5 Å². The number of carbonyl (C=O) groups excluding carboxylic acids is 2. The Morgan fingerprint density at radius 2 is 2.12 bits per heavy atom. The molecular weight excluding hydrogens is 346 g/mol. The molecule has 0 radical (unpaired) electrons. The molecule has 0 unspecified atom stereocenters. The number of fused-ring (bicyclic) bond motifs is 1. The van der Waals surface area contributed by atoms with Gasteiger partial charge in [-0.15, -0.1) is 12.4 Å². The van der Waals surface area contributed by atoms with E-state index >= 15 is 0 Å². The van der Waals surface area contributed by atoms with E-state index in [0.29, 0.717) is 11.4 Å². The molecule has 3 rings (SSSR count). The van der Waals surface area contributed by atoms with E-state index in [2.05, 4.69) is 11.9 Å². The van der Waals surface area contributed by atoms with Crippen molar-refractivity contribution in [2.75, 3.05) is 6.54 Å². The molecule has 0 bridgehead atoms. The highest BCUT2D eigenvalue weighted by molar-refractivity contribution is 8.18. The summed E-state index contributed by atoms with van der Waals surface area (Å²) in [4.78, 5) is 30.4. The summed E-state index contributed by atoms with van der Waals surface area (Å²) in [6.45, 7) is 2.51. The maximum absolute atomic E-state index is 12.2. The fourth-order valence-corrected chi connectivity index (χ4v) is 3.51. The summed E-state index contributed by atoms with van der Waals surface area (Å²) in [6, 6.07) is 5.98. The summed E-state index contributed by atoms with van der Waals surface area (Å²) >= 11 is 1.06. The van der Waals surface area contributed by atoms with Gasteiger partial charge in [0.2, 0.25) is 0 Å². The molecule has 1 aliphatic heterocycles. The van der Waals surface area contributed by atoms with Crippen molar-refractivity contribution in [1.82, 2.24) is 14.3 Å². The summed E-state index contributed by atoms with van der Waals surface area (Å²) in [5.41, 5.74) is 2.05. The first-order chi connectivity index (χ1) is 11.2. The van der Waals surface area contributed by atoms with Gasteiger partial charge in [0.05, 0.1) is 4.91 Å². The molecule has 1 saturated heterocycles. The minimum atomic E-state index is -0.154. The molecule has 1 aliphatic rings. The van der Waals surface area contributed by atoms with Crippen molar-refractivity contribution in [1.29, 1.82) is 0 Å². The highest BCUT2D eigenvalue weighted by Gasteiger charge is 2.34. The van der Waals surface area contributed by atoms with Gasteiger partial charge < -0.3 is 4.40 Å². The number of hydrogen-bond donors (Lipinski definition) is 0. The van der Waals surface area contributed by atoms with Crippen molar-refractivity contribution in [2.24, 2.45) is 0 Å². The minimum Gasteiger partial charge on any atom is -0.304 e. The second-order valence-electron chi connectivity index (χ2n) is 5.46. The Morgan fingerprint density at radius 1 is 1.29 bits per heavy atom. The third-order valence-corrected chi connectivity index (χ3v) is 4.78. The van der Waals surface area contributed by atoms with Gasteiger partial charge in [0, 0.05) is 24.6 Å². The molecule has 0 N–H and O–H groups in total. The van der Waals surface area contributed by atoms with Crippen molar-refractivity contribution >= 4 is 41.0 Å². The van der Waals surface area contributed by atoms with Crippen LogP contribution in [-0.4, -0.2) is 32.0 Å². The van der Waals surface area contributed by atoms with Crippen molar-refractivity contribution in [3.8, 4) is 0 Å². The van der Waals surface area contributed by atoms with Crippen molar-refractivity contribution < 1.29 is 9.59 Å². The highest BCUT2D eigenvalue weighted by atomic mass is 35.5. The Morgan fingerprint density at radius 3 is 2.92 bits per heavy atom. The predicted molar refractivity (Wildman–Crippen MR) is 98.5 cm³/mol. The van der Waals surface area contributed by atoms with Crippen LogP contribution in [0.1, 0.15) is 31.9 Å². The zero-order valence-electron chi connectivity index (χ0n) is 13.5. The monoisotopic (exact) mass is 365 g/mol. The molecule has 128 valence electrons. The van der Waals surface area contributed by atoms with Gasteiger partial charge >= 0.3 is 0 Å². The minimum absolute atomic E-state index is 0. The summed E-state index contributed by atoms with van der Waals surface area (Å²) in [5.74, 6) is -0.144. The van der Waals surface area contributed by atoms with E-state index in [0.717, 1.165) is 48.8 Å². The van der Waals surface area contributed by atoms with Gasteiger partial charge in [0.1, 0.15) is 5.65 Å². The molecule has 2 aromatic heterocycles. The van der Waals surface area contributed by atoms with Gasteiger partial charge in [0.25, 0.3) is 11.1 Å². The van der Waals surface area contributed by atoms with Gasteiger partial charge in [-0.05, 0) is 43.2 Å². The van der Waals surface area contributed by atoms with Crippen LogP contribution in [0.2, 0.25) is 0 Å². The quantitative estimate of drug-likeness (QED) is 0.724. The molecule has 0 spiro atoms. The van der Waals surface area contributed by atoms with Crippen molar-refractivity contribution in [3.63, 3.8) is 0 Å². The van der Waals surface area contributed by atoms with E-state index in [9.17, 15) is 9.59 Å². The smallest absolute Gasteiger partial charge is 0.293 e. The molecule has 0 aliphatic carbocycles. The van der Waals surface area contributed by atoms with E-state index in [1.165, 1.54) is 4.90 Å². The van der Waals surface area contributed by atoms with Crippen LogP contribution >= 0.6 is 24.2 Å². The molecular formula is C17H20ClN3O2S. The lowest BCUT2D eigenvalue weighted by Gasteiger charge is -2.12. The lowest BCUT2D eigenvalue weighted by molar-refractivity contribution is -0.122. The van der Waals surface area contributed by atoms with E-state index in [4.69, 9.17) is 0 Å². The Balaban J connectivity index is 0.00000208. The van der Waals surface area contributed by atoms with Crippen molar-refractivity contribution in [2.45, 2.75) is 32.6 Å². The maximum Gasteiger partial charge on any atom is 0.293 e. The topological polar surface area (TPSA) is 54.7 Å². The Bertz CT molecular complexity index is 772. The van der Waals surface area contributed by atoms with Crippen LogP contribution in [-0.2, 0) is 11.2 Å². The fraction of sp³-hybridized carbons (Fsp3) is 0.353. The molecule has 7 heteroatoms. The predicted octanol–water partition coefficient (Wildman–Crippen LogP) is 4.07. The van der Waals surface area contributed by atoms with Crippen LogP contribution in [0.5, 0.6) is 0 Å². The zero-order chi connectivity index (χ0) is 16.2. The summed E-state index contributed by atoms with van der Waals surface area (Å²) in [5, 5.41) is -0.154. The number of hydrogen-bond acceptors (Lipinski definition) is 4. The summed E-state index contributed by atoms with van der Waals surface area (Å²) in [7, 11) is 0. The number of rotatable bonds is 6. The molecule has 0 saturated carbocycles. The number of imide groups is 1. The van der Waals surface area contributed by atoms with E-state index in [-0.39, 0.29) is 23.6 Å². The number of halogens is 1. The lowest BCUT2D eigenvalue weighted by Crippen LogP contribution is -2.29. The number of carbonyl (C=O) groups is 2. The molecule has 2 amide bonds. The van der Waals surface area contributed by atoms with E-state index < -0.39 is 0 Å². The summed E-state index contributed by atoms with van der Waals surface area (Å²) in [6.07, 6.45) is 8.92. The normalized spacial score (nSPS) is 16.2. The molecule has 2 aromatic rings. The van der Waals surface area contributed by atoms with Crippen molar-refractivity contribution in [3.05, 3.63) is 47.3 Å². The zero-order valence-corrected chi connectivity index (χ0v) is 15.1. The third-order valence-electron chi connectivity index (χ3n) is 3.82. The van der Waals surface area contributed by atoms with Crippen LogP contribution in [0.25, 0.3) is 5.65 Å². The standard InChI is InChI=1S/C17H19N3O2S.ClH/c1-2-3-8-14-16(21)20(17(22)23-14)11-5-7-13-6-4-9-15-18-10-12-19(13)15;/h4,6,8-10,12H,2-3,5,7,11H2,1H3;1H. The average molecular weight is 366 g/mol. The number of thioether (sulfide) groups is 1. The molecule has 0 aromatic carbocycles. The number of aryl methyl sites for hydroxylation is 1. The van der Waals surface area contributed by atoms with Gasteiger partial charge in [-0.1, -0.05) is 25.5 Å². The lowest BCUT2D eigenvalue weighted by atomic mass is 10.2. The average Bonchev–Trinajstić information content (AvgIpc) is 3.13. The summed E-state index contributed by atoms with van der Waals surface area (Å²) < 4.78 is 2.04. The maximum atomic E-state index is 12.2. The SMILES string of the molecule is CCCC=C1SC(=O)N(CCCc2cccc3nccn23)C1=O.Cl. The third kappa shape index (κ3) is 3.82. The number of allylic oxidation sites excluding steroid dienone is 1. The molecule has 3 heterocycles. The number of imidazole rings is 1. The Hall–Kier alpha value is -1.79. The van der Waals surface area contributed by atoms with Gasteiger partial charge in [-0.2, -0.15) is 0 Å². The second-order valence-corrected chi connectivity index (χ2v) is 6.45. The highest BCUT2D eigenvalue weighted by Crippen LogP contribution is 2.31. The van der Waals surface area contributed by atoms with Gasteiger partial charge in [-0.25, -0.2) is 4.98 Å². The Kier molecular flexibility index (Phi) is 6.45. The Labute approximate surface area is 151 Å². The number of amides is 2. The van der Waals surface area contributed by atoms with E-state index in [1.54, 1.807) is 6.20 Å². The number of aromatic nitrogens is 2. The first kappa shape index (κ1) is 18.5. The van der Waals surface area contributed by atoms with Crippen LogP contribution in [0, 0.1) is 0 Å². The van der Waals surface area contributed by atoms with Gasteiger partial charge in [0.15, 0.2) is 0 Å². The first-order valence-electron chi connectivity index (χ1n) is 7.85. The molecule has 24 heavy (non-hydrogen) atoms. The number of pyridine rings is 1. The molecule has 0 atom stereocenters. The van der Waals surface area contributed by atoms with Crippen LogP contribution in [0.15, 0.2) is 41.6 Å². The van der Waals surface area contributed by atoms with Crippen LogP contribution in [0.3, 0.4) is 0 Å². The van der Waals surface area contributed by atoms with E-state index in [1.807, 2.05) is 34.9 Å². The second kappa shape index (κ2) is 8.35. The molecule has 5 nitrogen and oxygen atoms in total. The van der Waals surface area contributed by atoms with Crippen LogP contribution < -0.4 is 0 Å². The first-order valence-corrected chi connectivity index (χ1v) is 8.67. The van der Waals surface area contributed by atoms with Crippen LogP contribution in [0.4, 0.5) is 4.79 Å².